The molecular formula is C16H22N4S. The quantitative estimate of drug-likeness (QED) is 0.633. The van der Waals surface area contributed by atoms with Crippen molar-refractivity contribution in [2.45, 2.75) is 46.0 Å². The van der Waals surface area contributed by atoms with E-state index < -0.39 is 0 Å². The highest BCUT2D eigenvalue weighted by Crippen LogP contribution is 2.29. The van der Waals surface area contributed by atoms with Crippen LogP contribution in [0.5, 0.6) is 0 Å². The maximum absolute atomic E-state index is 4.35. The summed E-state index contributed by atoms with van der Waals surface area (Å²) < 4.78 is 0. The molecule has 2 aromatic heterocycles. The van der Waals surface area contributed by atoms with Gasteiger partial charge in [0.1, 0.15) is 0 Å². The molecule has 0 spiro atoms. The molecule has 2 aromatic rings. The summed E-state index contributed by atoms with van der Waals surface area (Å²) in [5, 5.41) is 17.0. The SMILES string of the molecule is CCC(C)(CC)c1ccc(NN=C(C)c2ccsc2)nn1. The van der Waals surface area contributed by atoms with E-state index in [1.807, 2.05) is 30.5 Å². The fourth-order valence-electron chi connectivity index (χ4n) is 2.00. The summed E-state index contributed by atoms with van der Waals surface area (Å²) in [5.74, 6) is 0.669. The molecule has 112 valence electrons. The van der Waals surface area contributed by atoms with Gasteiger partial charge in [-0.3, -0.25) is 5.43 Å². The summed E-state index contributed by atoms with van der Waals surface area (Å²) in [6.45, 7) is 8.57. The number of anilines is 1. The Labute approximate surface area is 130 Å². The Morgan fingerprint density at radius 2 is 2.00 bits per heavy atom. The van der Waals surface area contributed by atoms with Crippen molar-refractivity contribution in [1.29, 1.82) is 0 Å². The van der Waals surface area contributed by atoms with Gasteiger partial charge in [-0.25, -0.2) is 0 Å². The first-order valence-corrected chi connectivity index (χ1v) is 8.20. The second-order valence-corrected chi connectivity index (χ2v) is 6.17. The Bertz CT molecular complexity index is 583. The van der Waals surface area contributed by atoms with Gasteiger partial charge in [0.15, 0.2) is 5.82 Å². The van der Waals surface area contributed by atoms with Gasteiger partial charge in [-0.15, -0.1) is 5.10 Å². The van der Waals surface area contributed by atoms with Crippen LogP contribution in [0.25, 0.3) is 0 Å². The molecule has 0 aliphatic rings. The number of hydrogen-bond acceptors (Lipinski definition) is 5. The first-order chi connectivity index (χ1) is 10.1. The molecule has 5 heteroatoms. The van der Waals surface area contributed by atoms with Crippen molar-refractivity contribution in [2.24, 2.45) is 5.10 Å². The van der Waals surface area contributed by atoms with Crippen molar-refractivity contribution in [3.63, 3.8) is 0 Å². The lowest BCUT2D eigenvalue weighted by Crippen LogP contribution is -2.21. The molecule has 0 radical (unpaired) electrons. The predicted molar refractivity (Wildman–Crippen MR) is 90.1 cm³/mol. The minimum absolute atomic E-state index is 0.0986. The van der Waals surface area contributed by atoms with Crippen LogP contribution in [-0.4, -0.2) is 15.9 Å². The van der Waals surface area contributed by atoms with Crippen LogP contribution in [0.15, 0.2) is 34.1 Å². The highest BCUT2D eigenvalue weighted by molar-refractivity contribution is 7.08. The number of nitrogens with one attached hydrogen (secondary N) is 1. The standard InChI is InChI=1S/C16H22N4S/c1-5-16(4,6-2)14-7-8-15(20-18-14)19-17-12(3)13-9-10-21-11-13/h7-11H,5-6H2,1-4H3,(H,19,20). The minimum Gasteiger partial charge on any atom is -0.260 e. The molecule has 4 nitrogen and oxygen atoms in total. The second kappa shape index (κ2) is 6.80. The van der Waals surface area contributed by atoms with Crippen LogP contribution in [0.3, 0.4) is 0 Å². The monoisotopic (exact) mass is 302 g/mol. The van der Waals surface area contributed by atoms with E-state index in [0.717, 1.165) is 29.8 Å². The molecule has 0 saturated carbocycles. The van der Waals surface area contributed by atoms with Crippen LogP contribution in [-0.2, 0) is 5.41 Å². The average molecular weight is 302 g/mol. The van der Waals surface area contributed by atoms with E-state index in [9.17, 15) is 0 Å². The van der Waals surface area contributed by atoms with Crippen molar-refractivity contribution in [2.75, 3.05) is 5.43 Å². The number of hydrogen-bond donors (Lipinski definition) is 1. The van der Waals surface area contributed by atoms with Crippen molar-refractivity contribution in [1.82, 2.24) is 10.2 Å². The number of nitrogens with zero attached hydrogens (tertiary/aromatic N) is 3. The van der Waals surface area contributed by atoms with Gasteiger partial charge in [-0.05, 0) is 48.7 Å². The van der Waals surface area contributed by atoms with Crippen LogP contribution < -0.4 is 5.43 Å². The maximum atomic E-state index is 4.35. The van der Waals surface area contributed by atoms with Gasteiger partial charge in [0.25, 0.3) is 0 Å². The van der Waals surface area contributed by atoms with Crippen LogP contribution in [0, 0.1) is 0 Å². The van der Waals surface area contributed by atoms with E-state index in [1.54, 1.807) is 11.3 Å². The molecule has 0 aliphatic carbocycles. The summed E-state index contributed by atoms with van der Waals surface area (Å²) in [7, 11) is 0. The third-order valence-corrected chi connectivity index (χ3v) is 4.80. The Kier molecular flexibility index (Phi) is 5.07. The summed E-state index contributed by atoms with van der Waals surface area (Å²) >= 11 is 1.66. The van der Waals surface area contributed by atoms with Crippen molar-refractivity contribution >= 4 is 22.9 Å². The highest BCUT2D eigenvalue weighted by Gasteiger charge is 2.24. The fourth-order valence-corrected chi connectivity index (χ4v) is 2.70. The van der Waals surface area contributed by atoms with E-state index >= 15 is 0 Å². The first-order valence-electron chi connectivity index (χ1n) is 7.26. The van der Waals surface area contributed by atoms with Crippen molar-refractivity contribution in [3.8, 4) is 0 Å². The third kappa shape index (κ3) is 3.67. The lowest BCUT2D eigenvalue weighted by atomic mass is 9.81. The number of rotatable bonds is 6. The second-order valence-electron chi connectivity index (χ2n) is 5.39. The molecular weight excluding hydrogens is 280 g/mol. The number of hydrazone groups is 1. The molecule has 2 rings (SSSR count). The van der Waals surface area contributed by atoms with E-state index in [1.165, 1.54) is 0 Å². The normalized spacial score (nSPS) is 12.5. The van der Waals surface area contributed by atoms with E-state index in [0.29, 0.717) is 5.82 Å². The van der Waals surface area contributed by atoms with Gasteiger partial charge in [-0.2, -0.15) is 21.5 Å². The molecule has 0 atom stereocenters. The zero-order chi connectivity index (χ0) is 15.3. The van der Waals surface area contributed by atoms with Crippen LogP contribution in [0.2, 0.25) is 0 Å². The van der Waals surface area contributed by atoms with Crippen molar-refractivity contribution in [3.05, 3.63) is 40.2 Å². The topological polar surface area (TPSA) is 50.2 Å². The minimum atomic E-state index is 0.0986. The Balaban J connectivity index is 2.08. The molecule has 0 aromatic carbocycles. The fraction of sp³-hybridized carbons (Fsp3) is 0.438. The van der Waals surface area contributed by atoms with Gasteiger partial charge in [-0.1, -0.05) is 20.8 Å². The molecule has 0 unspecified atom stereocenters. The molecule has 21 heavy (non-hydrogen) atoms. The van der Waals surface area contributed by atoms with Crippen molar-refractivity contribution < 1.29 is 0 Å². The maximum Gasteiger partial charge on any atom is 0.168 e. The summed E-state index contributed by atoms with van der Waals surface area (Å²) in [5.41, 5.74) is 6.17. The number of aromatic nitrogens is 2. The average Bonchev–Trinajstić information content (AvgIpc) is 3.07. The van der Waals surface area contributed by atoms with Gasteiger partial charge < -0.3 is 0 Å². The molecule has 0 saturated heterocycles. The largest absolute Gasteiger partial charge is 0.260 e. The predicted octanol–water partition coefficient (Wildman–Crippen LogP) is 4.45. The Morgan fingerprint density at radius 1 is 1.24 bits per heavy atom. The van der Waals surface area contributed by atoms with Gasteiger partial charge in [0, 0.05) is 11.0 Å². The van der Waals surface area contributed by atoms with Gasteiger partial charge in [0.05, 0.1) is 11.4 Å². The Morgan fingerprint density at radius 3 is 2.52 bits per heavy atom. The lowest BCUT2D eigenvalue weighted by molar-refractivity contribution is 0.421. The third-order valence-electron chi connectivity index (χ3n) is 4.12. The van der Waals surface area contributed by atoms with Crippen LogP contribution in [0.1, 0.15) is 51.8 Å². The highest BCUT2D eigenvalue weighted by atomic mass is 32.1. The zero-order valence-corrected chi connectivity index (χ0v) is 13.9. The van der Waals surface area contributed by atoms with Crippen LogP contribution in [0.4, 0.5) is 5.82 Å². The van der Waals surface area contributed by atoms with Gasteiger partial charge in [0.2, 0.25) is 0 Å². The van der Waals surface area contributed by atoms with Crippen LogP contribution >= 0.6 is 11.3 Å². The summed E-state index contributed by atoms with van der Waals surface area (Å²) in [6.07, 6.45) is 2.11. The van der Waals surface area contributed by atoms with E-state index in [-0.39, 0.29) is 5.41 Å². The molecule has 1 N–H and O–H groups in total. The molecule has 2 heterocycles. The molecule has 0 fully saturated rings. The first kappa shape index (κ1) is 15.6. The van der Waals surface area contributed by atoms with Gasteiger partial charge >= 0.3 is 0 Å². The zero-order valence-electron chi connectivity index (χ0n) is 13.1. The summed E-state index contributed by atoms with van der Waals surface area (Å²) in [4.78, 5) is 0. The molecule has 0 amide bonds. The smallest absolute Gasteiger partial charge is 0.168 e. The molecule has 0 aliphatic heterocycles. The number of thiophene rings is 1. The van der Waals surface area contributed by atoms with E-state index in [4.69, 9.17) is 0 Å². The Hall–Kier alpha value is -1.75. The lowest BCUT2D eigenvalue weighted by Gasteiger charge is -2.25. The van der Waals surface area contributed by atoms with E-state index in [2.05, 4.69) is 46.9 Å². The molecule has 0 bridgehead atoms. The summed E-state index contributed by atoms with van der Waals surface area (Å²) in [6, 6.07) is 6.03.